The molecule has 0 bridgehead atoms. The first-order valence-electron chi connectivity index (χ1n) is 10.5. The van der Waals surface area contributed by atoms with Gasteiger partial charge in [-0.3, -0.25) is 19.3 Å². The van der Waals surface area contributed by atoms with Gasteiger partial charge < -0.3 is 10.2 Å². The first-order chi connectivity index (χ1) is 14.9. The fraction of sp³-hybridized carbons (Fsp3) is 0.333. The van der Waals surface area contributed by atoms with Crippen LogP contribution in [0.1, 0.15) is 42.1 Å². The van der Waals surface area contributed by atoms with Gasteiger partial charge in [-0.25, -0.2) is 4.79 Å². The van der Waals surface area contributed by atoms with Crippen LogP contribution in [0, 0.1) is 0 Å². The highest BCUT2D eigenvalue weighted by Crippen LogP contribution is 2.25. The molecule has 0 spiro atoms. The van der Waals surface area contributed by atoms with E-state index < -0.39 is 11.6 Å². The van der Waals surface area contributed by atoms with Crippen molar-refractivity contribution in [3.63, 3.8) is 0 Å². The molecule has 31 heavy (non-hydrogen) atoms. The maximum absolute atomic E-state index is 12.9. The molecule has 2 aromatic carbocycles. The maximum Gasteiger partial charge on any atom is 0.325 e. The van der Waals surface area contributed by atoms with E-state index in [1.807, 2.05) is 30.3 Å². The lowest BCUT2D eigenvalue weighted by molar-refractivity contribution is -0.130. The number of hydrogen-bond acceptors (Lipinski definition) is 4. The monoisotopic (exact) mass is 419 g/mol. The molecule has 0 saturated carbocycles. The average molecular weight is 419 g/mol. The topological polar surface area (TPSA) is 86.8 Å². The van der Waals surface area contributed by atoms with Gasteiger partial charge in [0.2, 0.25) is 5.91 Å². The summed E-state index contributed by atoms with van der Waals surface area (Å²) in [6.07, 6.45) is 2.46. The Morgan fingerprint density at radius 2 is 1.74 bits per heavy atom. The van der Waals surface area contributed by atoms with Gasteiger partial charge in [0.15, 0.2) is 5.78 Å². The summed E-state index contributed by atoms with van der Waals surface area (Å²) in [5.74, 6) is -0.635. The Kier molecular flexibility index (Phi) is 5.59. The highest BCUT2D eigenvalue weighted by atomic mass is 16.2. The molecule has 7 nitrogen and oxygen atoms in total. The summed E-state index contributed by atoms with van der Waals surface area (Å²) in [7, 11) is 0. The number of benzene rings is 2. The van der Waals surface area contributed by atoms with Crippen molar-refractivity contribution in [2.24, 2.45) is 0 Å². The zero-order chi connectivity index (χ0) is 22.0. The van der Waals surface area contributed by atoms with Crippen LogP contribution in [0.2, 0.25) is 0 Å². The molecule has 2 saturated heterocycles. The van der Waals surface area contributed by atoms with Crippen LogP contribution in [-0.4, -0.2) is 47.2 Å². The number of imide groups is 1. The van der Waals surface area contributed by atoms with Crippen LogP contribution >= 0.6 is 0 Å². The maximum atomic E-state index is 12.9. The zero-order valence-corrected chi connectivity index (χ0v) is 17.5. The third-order valence-electron chi connectivity index (χ3n) is 5.98. The van der Waals surface area contributed by atoms with Crippen molar-refractivity contribution >= 4 is 29.3 Å². The molecular formula is C24H25N3O4. The van der Waals surface area contributed by atoms with Gasteiger partial charge in [-0.05, 0) is 56.0 Å². The van der Waals surface area contributed by atoms with E-state index in [0.29, 0.717) is 31.4 Å². The summed E-state index contributed by atoms with van der Waals surface area (Å²) in [6, 6.07) is 15.9. The minimum absolute atomic E-state index is 0.0770. The van der Waals surface area contributed by atoms with Crippen molar-refractivity contribution in [2.75, 3.05) is 18.0 Å². The summed E-state index contributed by atoms with van der Waals surface area (Å²) < 4.78 is 0. The third-order valence-corrected chi connectivity index (χ3v) is 5.98. The van der Waals surface area contributed by atoms with Gasteiger partial charge in [0.05, 0.1) is 6.54 Å². The van der Waals surface area contributed by atoms with Crippen molar-refractivity contribution < 1.29 is 19.2 Å². The number of ketones is 1. The number of rotatable bonds is 7. The second kappa shape index (κ2) is 8.34. The normalized spacial score (nSPS) is 21.0. The lowest BCUT2D eigenvalue weighted by Gasteiger charge is -2.21. The van der Waals surface area contributed by atoms with E-state index >= 15 is 0 Å². The lowest BCUT2D eigenvalue weighted by atomic mass is 9.93. The summed E-state index contributed by atoms with van der Waals surface area (Å²) in [5.41, 5.74) is 1.20. The summed E-state index contributed by atoms with van der Waals surface area (Å²) >= 11 is 0. The fourth-order valence-corrected chi connectivity index (χ4v) is 4.08. The number of carbonyl (C=O) groups excluding carboxylic acids is 4. The molecule has 7 heteroatoms. The first kappa shape index (κ1) is 20.8. The van der Waals surface area contributed by atoms with E-state index in [9.17, 15) is 19.2 Å². The molecule has 2 fully saturated rings. The van der Waals surface area contributed by atoms with Gasteiger partial charge in [0.1, 0.15) is 5.54 Å². The highest BCUT2D eigenvalue weighted by Gasteiger charge is 2.47. The number of carbonyl (C=O) groups is 4. The molecule has 2 aliphatic heterocycles. The molecule has 0 radical (unpaired) electrons. The second-order valence-electron chi connectivity index (χ2n) is 8.26. The summed E-state index contributed by atoms with van der Waals surface area (Å²) in [4.78, 5) is 52.7. The largest absolute Gasteiger partial charge is 0.325 e. The molecule has 4 amide bonds. The van der Waals surface area contributed by atoms with Gasteiger partial charge in [0, 0.05) is 24.2 Å². The molecule has 1 N–H and O–H groups in total. The lowest BCUT2D eigenvalue weighted by Crippen LogP contribution is -2.44. The molecule has 4 rings (SSSR count). The van der Waals surface area contributed by atoms with Crippen LogP contribution in [0.5, 0.6) is 0 Å². The van der Waals surface area contributed by atoms with Gasteiger partial charge in [0.25, 0.3) is 5.91 Å². The van der Waals surface area contributed by atoms with Crippen LogP contribution in [0.3, 0.4) is 0 Å². The van der Waals surface area contributed by atoms with Crippen molar-refractivity contribution in [2.45, 2.75) is 38.1 Å². The number of amides is 4. The van der Waals surface area contributed by atoms with Crippen LogP contribution in [0.4, 0.5) is 10.5 Å². The zero-order valence-electron chi connectivity index (χ0n) is 17.5. The third kappa shape index (κ3) is 4.21. The predicted octanol–water partition coefficient (Wildman–Crippen LogP) is 2.94. The van der Waals surface area contributed by atoms with Crippen molar-refractivity contribution in [3.05, 3.63) is 65.7 Å². The number of nitrogens with one attached hydrogen (secondary N) is 1. The first-order valence-corrected chi connectivity index (χ1v) is 10.5. The van der Waals surface area contributed by atoms with Crippen LogP contribution in [0.15, 0.2) is 54.6 Å². The molecule has 2 aromatic rings. The second-order valence-corrected chi connectivity index (χ2v) is 8.26. The van der Waals surface area contributed by atoms with Crippen LogP contribution in [-0.2, 0) is 16.0 Å². The Morgan fingerprint density at radius 1 is 1.03 bits per heavy atom. The van der Waals surface area contributed by atoms with Crippen molar-refractivity contribution in [1.82, 2.24) is 10.2 Å². The number of urea groups is 1. The minimum atomic E-state index is -1.03. The highest BCUT2D eigenvalue weighted by molar-refractivity contribution is 6.11. The van der Waals surface area contributed by atoms with Crippen molar-refractivity contribution in [3.8, 4) is 0 Å². The van der Waals surface area contributed by atoms with Gasteiger partial charge in [-0.2, -0.15) is 0 Å². The van der Waals surface area contributed by atoms with Crippen LogP contribution in [0.25, 0.3) is 0 Å². The predicted molar refractivity (Wildman–Crippen MR) is 116 cm³/mol. The smallest absolute Gasteiger partial charge is 0.323 e. The number of hydrogen-bond donors (Lipinski definition) is 1. The Labute approximate surface area is 181 Å². The molecule has 1 atom stereocenters. The van der Waals surface area contributed by atoms with Gasteiger partial charge in [-0.15, -0.1) is 0 Å². The molecular weight excluding hydrogens is 394 g/mol. The van der Waals surface area contributed by atoms with Crippen molar-refractivity contribution in [1.29, 1.82) is 0 Å². The minimum Gasteiger partial charge on any atom is -0.323 e. The molecule has 2 aliphatic rings. The van der Waals surface area contributed by atoms with E-state index in [0.717, 1.165) is 22.6 Å². The van der Waals surface area contributed by atoms with E-state index in [1.165, 1.54) is 0 Å². The fourth-order valence-electron chi connectivity index (χ4n) is 4.08. The van der Waals surface area contributed by atoms with E-state index in [2.05, 4.69) is 5.32 Å². The number of nitrogens with zero attached hydrogens (tertiary/aromatic N) is 2. The Hall–Kier alpha value is -3.48. The van der Waals surface area contributed by atoms with E-state index in [1.54, 1.807) is 36.1 Å². The molecule has 0 aliphatic carbocycles. The molecule has 160 valence electrons. The number of Topliss-reactive ketones (excluding diaryl/α,β-unsaturated/α-hetero) is 1. The molecule has 0 unspecified atom stereocenters. The Balaban J connectivity index is 1.40. The average Bonchev–Trinajstić information content (AvgIpc) is 3.30. The standard InChI is InChI=1S/C24H25N3O4/c1-24(14-13-17-6-3-2-4-7-17)22(30)27(23(31)25-24)16-20(28)18-9-11-19(12-10-18)26-15-5-8-21(26)29/h2-4,6-7,9-12H,5,8,13-16H2,1H3,(H,25,31)/t24-/m0/s1. The Morgan fingerprint density at radius 3 is 2.39 bits per heavy atom. The van der Waals surface area contributed by atoms with Crippen LogP contribution < -0.4 is 10.2 Å². The molecule has 0 aromatic heterocycles. The van der Waals surface area contributed by atoms with E-state index in [4.69, 9.17) is 0 Å². The quantitative estimate of drug-likeness (QED) is 0.552. The van der Waals surface area contributed by atoms with E-state index in [-0.39, 0.29) is 24.1 Å². The van der Waals surface area contributed by atoms with Gasteiger partial charge >= 0.3 is 6.03 Å². The summed E-state index contributed by atoms with van der Waals surface area (Å²) in [6.45, 7) is 2.06. The van der Waals surface area contributed by atoms with Gasteiger partial charge in [-0.1, -0.05) is 30.3 Å². The number of anilines is 1. The summed E-state index contributed by atoms with van der Waals surface area (Å²) in [5, 5.41) is 2.75. The SMILES string of the molecule is C[C@@]1(CCc2ccccc2)NC(=O)N(CC(=O)c2ccc(N3CCCC3=O)cc2)C1=O. The Bertz CT molecular complexity index is 1020. The number of aryl methyl sites for hydroxylation is 1. The molecule has 2 heterocycles.